The molecule has 0 bridgehead atoms. The summed E-state index contributed by atoms with van der Waals surface area (Å²) >= 11 is 0. The molecule has 2 aliphatic heterocycles. The number of halogens is 1. The molecule has 25 heavy (non-hydrogen) atoms. The minimum atomic E-state index is 0. The number of likely N-dealkylation sites (tertiary alicyclic amines) is 1. The lowest BCUT2D eigenvalue weighted by Gasteiger charge is -2.25. The Labute approximate surface area is 168 Å². The first-order valence-electron chi connectivity index (χ1n) is 9.04. The summed E-state index contributed by atoms with van der Waals surface area (Å²) in [7, 11) is 0. The van der Waals surface area contributed by atoms with Gasteiger partial charge in [-0.2, -0.15) is 0 Å². The van der Waals surface area contributed by atoms with E-state index in [-0.39, 0.29) is 24.0 Å². The lowest BCUT2D eigenvalue weighted by molar-refractivity contribution is 0.128. The molecule has 0 radical (unpaired) electrons. The summed E-state index contributed by atoms with van der Waals surface area (Å²) in [5.41, 5.74) is 1.57. The number of hydrogen-bond donors (Lipinski definition) is 1. The zero-order valence-corrected chi connectivity index (χ0v) is 17.4. The molecule has 0 aromatic heterocycles. The number of rotatable bonds is 6. The van der Waals surface area contributed by atoms with Crippen LogP contribution in [0.25, 0.3) is 0 Å². The van der Waals surface area contributed by atoms with Crippen LogP contribution < -0.4 is 5.32 Å². The van der Waals surface area contributed by atoms with Crippen molar-refractivity contribution in [1.82, 2.24) is 10.2 Å². The molecule has 2 heterocycles. The van der Waals surface area contributed by atoms with E-state index in [1.807, 2.05) is 18.2 Å². The molecule has 1 atom stereocenters. The quantitative estimate of drug-likeness (QED) is 0.308. The Morgan fingerprint density at radius 3 is 2.88 bits per heavy atom. The maximum atomic E-state index is 5.73. The molecule has 140 valence electrons. The second-order valence-corrected chi connectivity index (χ2v) is 6.75. The van der Waals surface area contributed by atoms with Crippen LogP contribution in [-0.4, -0.2) is 56.9 Å². The van der Waals surface area contributed by atoms with Crippen molar-refractivity contribution in [2.24, 2.45) is 10.4 Å². The highest BCUT2D eigenvalue weighted by atomic mass is 127. The summed E-state index contributed by atoms with van der Waals surface area (Å²) in [6.45, 7) is 8.94. The van der Waals surface area contributed by atoms with Gasteiger partial charge >= 0.3 is 0 Å². The fraction of sp³-hybridized carbons (Fsp3) is 0.632. The minimum Gasteiger partial charge on any atom is -0.381 e. The van der Waals surface area contributed by atoms with Crippen LogP contribution in [0.4, 0.5) is 0 Å². The van der Waals surface area contributed by atoms with E-state index in [2.05, 4.69) is 29.3 Å². The van der Waals surface area contributed by atoms with Crippen LogP contribution in [0.15, 0.2) is 35.3 Å². The van der Waals surface area contributed by atoms with Gasteiger partial charge in [0.05, 0.1) is 26.4 Å². The Bertz CT molecular complexity index is 533. The zero-order chi connectivity index (χ0) is 16.7. The van der Waals surface area contributed by atoms with E-state index >= 15 is 0 Å². The number of nitrogens with one attached hydrogen (secondary N) is 1. The fourth-order valence-electron chi connectivity index (χ4n) is 3.49. The van der Waals surface area contributed by atoms with Gasteiger partial charge in [0.25, 0.3) is 0 Å². The van der Waals surface area contributed by atoms with Crippen molar-refractivity contribution in [2.75, 3.05) is 46.0 Å². The zero-order valence-electron chi connectivity index (χ0n) is 15.1. The largest absolute Gasteiger partial charge is 0.381 e. The van der Waals surface area contributed by atoms with E-state index in [4.69, 9.17) is 14.5 Å². The third-order valence-electron chi connectivity index (χ3n) is 4.87. The van der Waals surface area contributed by atoms with E-state index in [9.17, 15) is 0 Å². The van der Waals surface area contributed by atoms with Crippen LogP contribution in [0.2, 0.25) is 0 Å². The van der Waals surface area contributed by atoms with Crippen molar-refractivity contribution < 1.29 is 9.47 Å². The Hall–Kier alpha value is -0.860. The van der Waals surface area contributed by atoms with Crippen molar-refractivity contribution in [3.05, 3.63) is 35.9 Å². The standard InChI is InChI=1S/C19H29N3O2.HI/c1-2-20-18(22-11-8-19(15-22)9-12-24-16-19)21-10-13-23-14-17-6-4-3-5-7-17;/h3-7H,2,8-16H2,1H3,(H,20,21);1H. The highest BCUT2D eigenvalue weighted by molar-refractivity contribution is 14.0. The first-order valence-corrected chi connectivity index (χ1v) is 9.04. The van der Waals surface area contributed by atoms with Gasteiger partial charge in [-0.3, -0.25) is 4.99 Å². The second kappa shape index (κ2) is 10.3. The van der Waals surface area contributed by atoms with Crippen LogP contribution >= 0.6 is 24.0 Å². The summed E-state index contributed by atoms with van der Waals surface area (Å²) < 4.78 is 11.3. The molecule has 1 unspecified atom stereocenters. The molecule has 1 aromatic rings. The van der Waals surface area contributed by atoms with Gasteiger partial charge in [-0.15, -0.1) is 24.0 Å². The van der Waals surface area contributed by atoms with Crippen LogP contribution in [0.1, 0.15) is 25.3 Å². The molecule has 6 heteroatoms. The number of hydrogen-bond acceptors (Lipinski definition) is 3. The fourth-order valence-corrected chi connectivity index (χ4v) is 3.49. The average Bonchev–Trinajstić information content (AvgIpc) is 3.25. The van der Waals surface area contributed by atoms with Crippen LogP contribution in [0, 0.1) is 5.41 Å². The van der Waals surface area contributed by atoms with E-state index in [1.165, 1.54) is 18.4 Å². The topological polar surface area (TPSA) is 46.1 Å². The smallest absolute Gasteiger partial charge is 0.194 e. The van der Waals surface area contributed by atoms with E-state index in [0.29, 0.717) is 25.2 Å². The number of guanidine groups is 1. The molecule has 0 aliphatic carbocycles. The molecule has 1 aromatic carbocycles. The molecule has 1 N–H and O–H groups in total. The maximum absolute atomic E-state index is 5.73. The normalized spacial score (nSPS) is 23.1. The molecule has 2 fully saturated rings. The van der Waals surface area contributed by atoms with Gasteiger partial charge in [0, 0.05) is 31.7 Å². The van der Waals surface area contributed by atoms with E-state index in [0.717, 1.165) is 38.8 Å². The first kappa shape index (κ1) is 20.5. The first-order chi connectivity index (χ1) is 11.8. The van der Waals surface area contributed by atoms with E-state index < -0.39 is 0 Å². The number of nitrogens with zero attached hydrogens (tertiary/aromatic N) is 2. The predicted octanol–water partition coefficient (Wildman–Crippen LogP) is 2.90. The second-order valence-electron chi connectivity index (χ2n) is 6.75. The highest BCUT2D eigenvalue weighted by Gasteiger charge is 2.42. The summed E-state index contributed by atoms with van der Waals surface area (Å²) in [6.07, 6.45) is 2.39. The van der Waals surface area contributed by atoms with Gasteiger partial charge in [0.15, 0.2) is 5.96 Å². The molecular formula is C19H30IN3O2. The van der Waals surface area contributed by atoms with Gasteiger partial charge in [-0.1, -0.05) is 30.3 Å². The Balaban J connectivity index is 0.00000225. The van der Waals surface area contributed by atoms with Crippen molar-refractivity contribution in [2.45, 2.75) is 26.4 Å². The number of ether oxygens (including phenoxy) is 2. The third kappa shape index (κ3) is 5.82. The molecule has 5 nitrogen and oxygen atoms in total. The van der Waals surface area contributed by atoms with Crippen LogP contribution in [0.5, 0.6) is 0 Å². The van der Waals surface area contributed by atoms with Crippen molar-refractivity contribution >= 4 is 29.9 Å². The molecular weight excluding hydrogens is 429 g/mol. The van der Waals surface area contributed by atoms with Crippen molar-refractivity contribution in [1.29, 1.82) is 0 Å². The van der Waals surface area contributed by atoms with Crippen LogP contribution in [-0.2, 0) is 16.1 Å². The number of aliphatic imine (C=N–C) groups is 1. The van der Waals surface area contributed by atoms with Gasteiger partial charge in [-0.05, 0) is 25.3 Å². The molecule has 2 saturated heterocycles. The molecule has 2 aliphatic rings. The van der Waals surface area contributed by atoms with Gasteiger partial charge in [0.1, 0.15) is 0 Å². The van der Waals surface area contributed by atoms with Gasteiger partial charge in [0.2, 0.25) is 0 Å². The summed E-state index contributed by atoms with van der Waals surface area (Å²) in [5.74, 6) is 1.02. The maximum Gasteiger partial charge on any atom is 0.194 e. The summed E-state index contributed by atoms with van der Waals surface area (Å²) in [5, 5.41) is 3.42. The molecule has 1 spiro atoms. The highest BCUT2D eigenvalue weighted by Crippen LogP contribution is 2.38. The van der Waals surface area contributed by atoms with Crippen molar-refractivity contribution in [3.63, 3.8) is 0 Å². The minimum absolute atomic E-state index is 0. The summed E-state index contributed by atoms with van der Waals surface area (Å²) in [6, 6.07) is 10.3. The van der Waals surface area contributed by atoms with E-state index in [1.54, 1.807) is 0 Å². The summed E-state index contributed by atoms with van der Waals surface area (Å²) in [4.78, 5) is 7.13. The molecule has 0 saturated carbocycles. The van der Waals surface area contributed by atoms with Gasteiger partial charge in [-0.25, -0.2) is 0 Å². The third-order valence-corrected chi connectivity index (χ3v) is 4.87. The monoisotopic (exact) mass is 459 g/mol. The molecule has 3 rings (SSSR count). The van der Waals surface area contributed by atoms with Crippen molar-refractivity contribution in [3.8, 4) is 0 Å². The Morgan fingerprint density at radius 1 is 1.32 bits per heavy atom. The average molecular weight is 459 g/mol. The molecule has 0 amide bonds. The lowest BCUT2D eigenvalue weighted by Crippen LogP contribution is -2.41. The number of benzene rings is 1. The SMILES string of the molecule is CCNC(=NCCOCc1ccccc1)N1CCC2(CCOC2)C1.I. The lowest BCUT2D eigenvalue weighted by atomic mass is 9.87. The Morgan fingerprint density at radius 2 is 2.16 bits per heavy atom. The van der Waals surface area contributed by atoms with Crippen LogP contribution in [0.3, 0.4) is 0 Å². The van der Waals surface area contributed by atoms with Gasteiger partial charge < -0.3 is 19.7 Å². The Kier molecular flexibility index (Phi) is 8.45. The predicted molar refractivity (Wildman–Crippen MR) is 112 cm³/mol.